The minimum Gasteiger partial charge on any atom is -0.483 e. The highest BCUT2D eigenvalue weighted by Crippen LogP contribution is 2.23. The largest absolute Gasteiger partial charge is 0.483 e. The van der Waals surface area contributed by atoms with Gasteiger partial charge in [-0.3, -0.25) is 9.59 Å². The van der Waals surface area contributed by atoms with Crippen molar-refractivity contribution in [3.8, 4) is 5.75 Å². The van der Waals surface area contributed by atoms with Gasteiger partial charge >= 0.3 is 0 Å². The maximum Gasteiger partial charge on any atom is 0.258 e. The van der Waals surface area contributed by atoms with Crippen molar-refractivity contribution in [2.45, 2.75) is 13.1 Å². The van der Waals surface area contributed by atoms with Crippen LogP contribution in [0, 0.1) is 5.82 Å². The van der Waals surface area contributed by atoms with E-state index >= 15 is 0 Å². The Balaban J connectivity index is 1.66. The Kier molecular flexibility index (Phi) is 5.66. The summed E-state index contributed by atoms with van der Waals surface area (Å²) in [6.45, 7) is 4.16. The minimum atomic E-state index is -0.323. The maximum absolute atomic E-state index is 12.9. The third kappa shape index (κ3) is 4.41. The summed E-state index contributed by atoms with van der Waals surface area (Å²) in [5.41, 5.74) is 0.649. The van der Waals surface area contributed by atoms with Crippen LogP contribution in [0.3, 0.4) is 0 Å². The van der Waals surface area contributed by atoms with E-state index in [1.807, 2.05) is 0 Å². The normalized spacial score (nSPS) is 10.6. The second-order valence-electron chi connectivity index (χ2n) is 5.97. The van der Waals surface area contributed by atoms with E-state index in [0.29, 0.717) is 23.1 Å². The first-order chi connectivity index (χ1) is 13.1. The molecule has 0 atom stereocenters. The lowest BCUT2D eigenvalue weighted by atomic mass is 10.1. The molecular formula is C21H19FN2O3. The standard InChI is InChI=1S/C21H19FN2O3/c1-2-11-24-12-10-17-18(21(24)26)4-3-5-19(17)27-14-20(25)23-13-15-6-8-16(22)9-7-15/h2-10,12H,1,11,13-14H2,(H,23,25). The number of carbonyl (C=O) groups excluding carboxylic acids is 1. The van der Waals surface area contributed by atoms with Crippen molar-refractivity contribution in [2.75, 3.05) is 6.61 Å². The number of nitrogens with zero attached hydrogens (tertiary/aromatic N) is 1. The van der Waals surface area contributed by atoms with Crippen molar-refractivity contribution >= 4 is 16.7 Å². The van der Waals surface area contributed by atoms with Gasteiger partial charge in [-0.1, -0.05) is 24.3 Å². The zero-order valence-corrected chi connectivity index (χ0v) is 14.7. The molecule has 138 valence electrons. The average molecular weight is 366 g/mol. The number of ether oxygens (including phenoxy) is 1. The number of rotatable bonds is 7. The number of halogens is 1. The van der Waals surface area contributed by atoms with E-state index < -0.39 is 0 Å². The minimum absolute atomic E-state index is 0.140. The van der Waals surface area contributed by atoms with Gasteiger partial charge in [0.25, 0.3) is 11.5 Å². The van der Waals surface area contributed by atoms with Gasteiger partial charge in [-0.2, -0.15) is 0 Å². The monoisotopic (exact) mass is 366 g/mol. The number of aromatic nitrogens is 1. The summed E-state index contributed by atoms with van der Waals surface area (Å²) in [6, 6.07) is 12.8. The predicted molar refractivity (Wildman–Crippen MR) is 102 cm³/mol. The Hall–Kier alpha value is -3.41. The van der Waals surface area contributed by atoms with Crippen LogP contribution in [0.4, 0.5) is 4.39 Å². The van der Waals surface area contributed by atoms with Crippen LogP contribution in [-0.4, -0.2) is 17.1 Å². The van der Waals surface area contributed by atoms with Crippen LogP contribution in [0.15, 0.2) is 72.2 Å². The fourth-order valence-electron chi connectivity index (χ4n) is 2.70. The molecule has 0 bridgehead atoms. The van der Waals surface area contributed by atoms with Gasteiger partial charge in [0.15, 0.2) is 6.61 Å². The van der Waals surface area contributed by atoms with E-state index in [9.17, 15) is 14.0 Å². The van der Waals surface area contributed by atoms with Crippen molar-refractivity contribution in [3.05, 3.63) is 89.1 Å². The third-order valence-corrected chi connectivity index (χ3v) is 4.07. The van der Waals surface area contributed by atoms with E-state index in [1.54, 1.807) is 53.2 Å². The lowest BCUT2D eigenvalue weighted by molar-refractivity contribution is -0.123. The molecule has 0 aliphatic rings. The molecule has 0 aliphatic heterocycles. The van der Waals surface area contributed by atoms with Gasteiger partial charge in [0.1, 0.15) is 11.6 Å². The lowest BCUT2D eigenvalue weighted by Crippen LogP contribution is -2.28. The highest BCUT2D eigenvalue weighted by atomic mass is 19.1. The van der Waals surface area contributed by atoms with Crippen LogP contribution in [-0.2, 0) is 17.9 Å². The first kappa shape index (κ1) is 18.4. The summed E-state index contributed by atoms with van der Waals surface area (Å²) >= 11 is 0. The van der Waals surface area contributed by atoms with Crippen LogP contribution in [0.2, 0.25) is 0 Å². The van der Waals surface area contributed by atoms with Crippen LogP contribution in [0.25, 0.3) is 10.8 Å². The van der Waals surface area contributed by atoms with Crippen LogP contribution in [0.1, 0.15) is 5.56 Å². The molecule has 1 heterocycles. The number of allylic oxidation sites excluding steroid dienone is 1. The van der Waals surface area contributed by atoms with E-state index in [1.165, 1.54) is 12.1 Å². The molecule has 27 heavy (non-hydrogen) atoms. The zero-order valence-electron chi connectivity index (χ0n) is 14.7. The Labute approximate surface area is 155 Å². The van der Waals surface area contributed by atoms with Gasteiger partial charge in [0.2, 0.25) is 0 Å². The van der Waals surface area contributed by atoms with Crippen LogP contribution < -0.4 is 15.6 Å². The van der Waals surface area contributed by atoms with Gasteiger partial charge < -0.3 is 14.6 Å². The molecule has 0 saturated carbocycles. The van der Waals surface area contributed by atoms with E-state index in [-0.39, 0.29) is 30.4 Å². The molecule has 1 amide bonds. The van der Waals surface area contributed by atoms with Gasteiger partial charge in [-0.05, 0) is 35.9 Å². The quantitative estimate of drug-likeness (QED) is 0.654. The average Bonchev–Trinajstić information content (AvgIpc) is 2.68. The van der Waals surface area contributed by atoms with E-state index in [4.69, 9.17) is 4.74 Å². The smallest absolute Gasteiger partial charge is 0.258 e. The Bertz CT molecular complexity index is 1030. The number of hydrogen-bond donors (Lipinski definition) is 1. The van der Waals surface area contributed by atoms with Crippen molar-refractivity contribution in [2.24, 2.45) is 0 Å². The first-order valence-electron chi connectivity index (χ1n) is 8.45. The van der Waals surface area contributed by atoms with Crippen LogP contribution >= 0.6 is 0 Å². The Morgan fingerprint density at radius 1 is 1.15 bits per heavy atom. The highest BCUT2D eigenvalue weighted by Gasteiger charge is 2.09. The summed E-state index contributed by atoms with van der Waals surface area (Å²) < 4.78 is 20.0. The number of benzene rings is 2. The molecule has 0 spiro atoms. The van der Waals surface area contributed by atoms with Crippen molar-refractivity contribution in [1.29, 1.82) is 0 Å². The molecule has 0 aliphatic carbocycles. The van der Waals surface area contributed by atoms with Gasteiger partial charge in [0, 0.05) is 24.7 Å². The molecular weight excluding hydrogens is 347 g/mol. The highest BCUT2D eigenvalue weighted by molar-refractivity contribution is 5.88. The molecule has 6 heteroatoms. The summed E-state index contributed by atoms with van der Waals surface area (Å²) in [7, 11) is 0. The van der Waals surface area contributed by atoms with E-state index in [2.05, 4.69) is 11.9 Å². The van der Waals surface area contributed by atoms with Crippen molar-refractivity contribution in [1.82, 2.24) is 9.88 Å². The summed E-state index contributed by atoms with van der Waals surface area (Å²) in [5.74, 6) is -0.167. The summed E-state index contributed by atoms with van der Waals surface area (Å²) in [4.78, 5) is 24.5. The molecule has 1 N–H and O–H groups in total. The molecule has 1 aromatic heterocycles. The second-order valence-corrected chi connectivity index (χ2v) is 5.97. The topological polar surface area (TPSA) is 60.3 Å². The fraction of sp³-hybridized carbons (Fsp3) is 0.143. The summed E-state index contributed by atoms with van der Waals surface area (Å²) in [6.07, 6.45) is 3.33. The SMILES string of the molecule is C=CCn1ccc2c(OCC(=O)NCc3ccc(F)cc3)cccc2c1=O. The number of amides is 1. The Morgan fingerprint density at radius 2 is 1.93 bits per heavy atom. The number of fused-ring (bicyclic) bond motifs is 1. The molecule has 3 rings (SSSR count). The lowest BCUT2D eigenvalue weighted by Gasteiger charge is -2.11. The molecule has 0 radical (unpaired) electrons. The van der Waals surface area contributed by atoms with Crippen LogP contribution in [0.5, 0.6) is 5.75 Å². The maximum atomic E-state index is 12.9. The number of hydrogen-bond acceptors (Lipinski definition) is 3. The molecule has 3 aromatic rings. The summed E-state index contributed by atoms with van der Waals surface area (Å²) in [5, 5.41) is 3.88. The van der Waals surface area contributed by atoms with Gasteiger partial charge in [-0.25, -0.2) is 4.39 Å². The zero-order chi connectivity index (χ0) is 19.2. The predicted octanol–water partition coefficient (Wildman–Crippen LogP) is 3.02. The molecule has 2 aromatic carbocycles. The van der Waals surface area contributed by atoms with Gasteiger partial charge in [-0.15, -0.1) is 6.58 Å². The first-order valence-corrected chi connectivity index (χ1v) is 8.45. The number of nitrogens with one attached hydrogen (secondary N) is 1. The number of pyridine rings is 1. The van der Waals surface area contributed by atoms with Crippen molar-refractivity contribution < 1.29 is 13.9 Å². The van der Waals surface area contributed by atoms with Crippen molar-refractivity contribution in [3.63, 3.8) is 0 Å². The second kappa shape index (κ2) is 8.31. The van der Waals surface area contributed by atoms with E-state index in [0.717, 1.165) is 5.56 Å². The molecule has 5 nitrogen and oxygen atoms in total. The molecule has 0 fully saturated rings. The van der Waals surface area contributed by atoms with Gasteiger partial charge in [0.05, 0.1) is 5.39 Å². The molecule has 0 saturated heterocycles. The third-order valence-electron chi connectivity index (χ3n) is 4.07. The Morgan fingerprint density at radius 3 is 2.67 bits per heavy atom. The number of carbonyl (C=O) groups is 1. The fourth-order valence-corrected chi connectivity index (χ4v) is 2.70. The molecule has 0 unspecified atom stereocenters.